The van der Waals surface area contributed by atoms with Crippen molar-refractivity contribution in [2.45, 2.75) is 13.0 Å². The fourth-order valence-corrected chi connectivity index (χ4v) is 0.529. The van der Waals surface area contributed by atoms with Gasteiger partial charge in [0.25, 0.3) is 0 Å². The highest BCUT2D eigenvalue weighted by Crippen LogP contribution is 1.91. The molecule has 0 aromatic carbocycles. The molecule has 1 unspecified atom stereocenters. The van der Waals surface area contributed by atoms with Crippen LogP contribution < -0.4 is 5.73 Å². The molecule has 0 spiro atoms. The van der Waals surface area contributed by atoms with Crippen molar-refractivity contribution in [3.05, 3.63) is 0 Å². The molecule has 0 bridgehead atoms. The van der Waals surface area contributed by atoms with Crippen LogP contribution in [0.25, 0.3) is 0 Å². The van der Waals surface area contributed by atoms with Crippen molar-refractivity contribution in [3.63, 3.8) is 0 Å². The van der Waals surface area contributed by atoms with E-state index in [0.717, 1.165) is 0 Å². The topological polar surface area (TPSA) is 78.6 Å². The quantitative estimate of drug-likeness (QED) is 0.415. The second-order valence-electron chi connectivity index (χ2n) is 1.89. The zero-order chi connectivity index (χ0) is 9.56. The predicted octanol–water partition coefficient (Wildman–Crippen LogP) is 0.365. The average molecular weight is 230 g/mol. The van der Waals surface area contributed by atoms with Crippen molar-refractivity contribution in [1.29, 1.82) is 0 Å². The molecule has 0 aliphatic carbocycles. The van der Waals surface area contributed by atoms with Crippen LogP contribution in [0.5, 0.6) is 0 Å². The Hall–Kier alpha value is -0.460. The summed E-state index contributed by atoms with van der Waals surface area (Å²) < 4.78 is 8.51. The van der Waals surface area contributed by atoms with Gasteiger partial charge >= 0.3 is 12.1 Å². The summed E-state index contributed by atoms with van der Waals surface area (Å²) in [4.78, 5) is 21.3. The van der Waals surface area contributed by atoms with Crippen LogP contribution in [0, 0.1) is 0 Å². The van der Waals surface area contributed by atoms with Gasteiger partial charge in [-0.25, -0.2) is 9.59 Å². The maximum Gasteiger partial charge on any atom is 0.516 e. The summed E-state index contributed by atoms with van der Waals surface area (Å²) in [7, 11) is 0. The van der Waals surface area contributed by atoms with E-state index in [2.05, 4.69) is 22.1 Å². The summed E-state index contributed by atoms with van der Waals surface area (Å²) in [6.45, 7) is 1.76. The van der Waals surface area contributed by atoms with Crippen molar-refractivity contribution in [2.75, 3.05) is 12.4 Å². The maximum atomic E-state index is 10.8. The second kappa shape index (κ2) is 8.15. The second-order valence-corrected chi connectivity index (χ2v) is 2.26. The lowest BCUT2D eigenvalue weighted by atomic mass is 10.4. The summed E-state index contributed by atoms with van der Waals surface area (Å²) in [5.74, 6) is -0.707. The van der Waals surface area contributed by atoms with Crippen LogP contribution >= 0.6 is 25.0 Å². The van der Waals surface area contributed by atoms with Gasteiger partial charge in [-0.15, -0.1) is 12.4 Å². The molecule has 0 saturated carbocycles. The Morgan fingerprint density at radius 2 is 2.08 bits per heavy atom. The molecule has 0 aromatic rings. The van der Waals surface area contributed by atoms with Crippen molar-refractivity contribution in [2.24, 2.45) is 5.73 Å². The van der Waals surface area contributed by atoms with Gasteiger partial charge < -0.3 is 15.2 Å². The van der Waals surface area contributed by atoms with E-state index in [1.165, 1.54) is 0 Å². The fourth-order valence-electron chi connectivity index (χ4n) is 0.380. The molecule has 0 aliphatic rings. The van der Waals surface area contributed by atoms with Gasteiger partial charge in [0.2, 0.25) is 0 Å². The lowest BCUT2D eigenvalue weighted by molar-refractivity contribution is -0.140. The molecule has 2 N–H and O–H groups in total. The van der Waals surface area contributed by atoms with Crippen LogP contribution in [-0.4, -0.2) is 30.5 Å². The SMILES string of the molecule is CCOC(=O)OC(=O)C(N)CS.Cl. The molecule has 78 valence electrons. The first-order chi connectivity index (χ1) is 5.61. The van der Waals surface area contributed by atoms with Gasteiger partial charge in [-0.1, -0.05) is 0 Å². The van der Waals surface area contributed by atoms with E-state index in [4.69, 9.17) is 5.73 Å². The van der Waals surface area contributed by atoms with Crippen LogP contribution in [0.15, 0.2) is 0 Å². The van der Waals surface area contributed by atoms with E-state index in [1.807, 2.05) is 0 Å². The Bertz CT molecular complexity index is 178. The van der Waals surface area contributed by atoms with Gasteiger partial charge in [-0.2, -0.15) is 12.6 Å². The first-order valence-electron chi connectivity index (χ1n) is 3.36. The number of thiol groups is 1. The van der Waals surface area contributed by atoms with E-state index in [0.29, 0.717) is 0 Å². The van der Waals surface area contributed by atoms with Gasteiger partial charge in [0.15, 0.2) is 0 Å². The van der Waals surface area contributed by atoms with Crippen molar-refractivity contribution < 1.29 is 19.1 Å². The molecule has 0 radical (unpaired) electrons. The molecule has 1 atom stereocenters. The lowest BCUT2D eigenvalue weighted by Gasteiger charge is -2.06. The lowest BCUT2D eigenvalue weighted by Crippen LogP contribution is -2.35. The van der Waals surface area contributed by atoms with E-state index in [9.17, 15) is 9.59 Å². The standard InChI is InChI=1S/C6H11NO4S.ClH/c1-2-10-6(9)11-5(8)4(7)3-12;/h4,12H,2-3,7H2,1H3;1H. The highest BCUT2D eigenvalue weighted by atomic mass is 35.5. The molecule has 7 heteroatoms. The Kier molecular flexibility index (Phi) is 9.43. The molecule has 5 nitrogen and oxygen atoms in total. The summed E-state index contributed by atoms with van der Waals surface area (Å²) in [5, 5.41) is 0. The number of nitrogens with two attached hydrogens (primary N) is 1. The first kappa shape index (κ1) is 15.0. The molecular formula is C6H12ClNO4S. The summed E-state index contributed by atoms with van der Waals surface area (Å²) in [6, 6.07) is -0.891. The monoisotopic (exact) mass is 229 g/mol. The molecule has 0 aromatic heterocycles. The Morgan fingerprint density at radius 1 is 1.54 bits per heavy atom. The molecule has 0 aliphatic heterocycles. The Balaban J connectivity index is 0. The number of rotatable bonds is 3. The number of hydrogen-bond acceptors (Lipinski definition) is 6. The summed E-state index contributed by atoms with van der Waals surface area (Å²) >= 11 is 3.75. The van der Waals surface area contributed by atoms with Crippen LogP contribution in [0.1, 0.15) is 6.92 Å². The minimum absolute atomic E-state index is 0. The Morgan fingerprint density at radius 3 is 2.46 bits per heavy atom. The van der Waals surface area contributed by atoms with Crippen LogP contribution in [0.4, 0.5) is 4.79 Å². The van der Waals surface area contributed by atoms with Gasteiger partial charge in [-0.3, -0.25) is 0 Å². The molecule has 0 fully saturated rings. The van der Waals surface area contributed by atoms with Gasteiger partial charge in [0.1, 0.15) is 6.04 Å². The highest BCUT2D eigenvalue weighted by molar-refractivity contribution is 7.80. The van der Waals surface area contributed by atoms with E-state index < -0.39 is 18.2 Å². The maximum absolute atomic E-state index is 10.8. The molecule has 0 amide bonds. The fraction of sp³-hybridized carbons (Fsp3) is 0.667. The van der Waals surface area contributed by atoms with Gasteiger partial charge in [-0.05, 0) is 6.92 Å². The zero-order valence-electron chi connectivity index (χ0n) is 7.06. The third-order valence-corrected chi connectivity index (χ3v) is 1.34. The van der Waals surface area contributed by atoms with E-state index >= 15 is 0 Å². The molecule has 0 heterocycles. The predicted molar refractivity (Wildman–Crippen MR) is 52.2 cm³/mol. The minimum Gasteiger partial charge on any atom is -0.434 e. The molecular weight excluding hydrogens is 218 g/mol. The molecule has 0 rings (SSSR count). The van der Waals surface area contributed by atoms with E-state index in [1.54, 1.807) is 6.92 Å². The number of carbonyl (C=O) groups excluding carboxylic acids is 2. The normalized spacial score (nSPS) is 11.0. The van der Waals surface area contributed by atoms with Crippen molar-refractivity contribution in [1.82, 2.24) is 0 Å². The first-order valence-corrected chi connectivity index (χ1v) is 4.00. The van der Waals surface area contributed by atoms with Crippen LogP contribution in [0.3, 0.4) is 0 Å². The number of carbonyl (C=O) groups is 2. The Labute approximate surface area is 87.8 Å². The summed E-state index contributed by atoms with van der Waals surface area (Å²) in [5.41, 5.74) is 5.20. The molecule has 0 saturated heterocycles. The van der Waals surface area contributed by atoms with Crippen LogP contribution in [0.2, 0.25) is 0 Å². The number of halogens is 1. The highest BCUT2D eigenvalue weighted by Gasteiger charge is 2.17. The third-order valence-electron chi connectivity index (χ3n) is 0.946. The average Bonchev–Trinajstić information content (AvgIpc) is 2.03. The smallest absolute Gasteiger partial charge is 0.434 e. The minimum atomic E-state index is -1.03. The number of ether oxygens (including phenoxy) is 2. The summed E-state index contributed by atoms with van der Waals surface area (Å²) in [6.07, 6.45) is -1.03. The van der Waals surface area contributed by atoms with Gasteiger partial charge in [0, 0.05) is 5.75 Å². The molecule has 13 heavy (non-hydrogen) atoms. The zero-order valence-corrected chi connectivity index (χ0v) is 8.77. The largest absolute Gasteiger partial charge is 0.516 e. The van der Waals surface area contributed by atoms with Crippen molar-refractivity contribution >= 4 is 37.2 Å². The van der Waals surface area contributed by atoms with Gasteiger partial charge in [0.05, 0.1) is 6.61 Å². The van der Waals surface area contributed by atoms with E-state index in [-0.39, 0.29) is 24.8 Å². The number of esters is 1. The third kappa shape index (κ3) is 6.68. The number of hydrogen-bond donors (Lipinski definition) is 2. The van der Waals surface area contributed by atoms with Crippen LogP contribution in [-0.2, 0) is 14.3 Å². The van der Waals surface area contributed by atoms with Crippen molar-refractivity contribution in [3.8, 4) is 0 Å².